The van der Waals surface area contributed by atoms with Crippen LogP contribution in [-0.4, -0.2) is 32.8 Å². The maximum atomic E-state index is 4.46. The van der Waals surface area contributed by atoms with E-state index in [1.165, 1.54) is 32.1 Å². The highest BCUT2D eigenvalue weighted by Gasteiger charge is 2.43. The first-order valence-electron chi connectivity index (χ1n) is 8.29. The Morgan fingerprint density at radius 1 is 1.09 bits per heavy atom. The Hall–Kier alpha value is -1.91. The predicted octanol–water partition coefficient (Wildman–Crippen LogP) is 2.57. The molecule has 0 N–H and O–H groups in total. The molecule has 2 fully saturated rings. The number of anilines is 1. The van der Waals surface area contributed by atoms with Crippen molar-refractivity contribution in [2.45, 2.75) is 38.5 Å². The lowest BCUT2D eigenvalue weighted by Crippen LogP contribution is -2.27. The smallest absolute Gasteiger partial charge is 0.226 e. The van der Waals surface area contributed by atoms with Crippen LogP contribution in [0, 0.1) is 5.41 Å². The fourth-order valence-electron chi connectivity index (χ4n) is 3.58. The molecular formula is C17H23N5. The van der Waals surface area contributed by atoms with Crippen LogP contribution in [0.1, 0.15) is 43.6 Å². The molecule has 1 saturated carbocycles. The van der Waals surface area contributed by atoms with Crippen molar-refractivity contribution in [2.24, 2.45) is 12.5 Å². The van der Waals surface area contributed by atoms with Crippen molar-refractivity contribution < 1.29 is 0 Å². The highest BCUT2D eigenvalue weighted by Crippen LogP contribution is 2.53. The molecule has 0 atom stereocenters. The van der Waals surface area contributed by atoms with E-state index in [0.29, 0.717) is 5.41 Å². The molecule has 1 aliphatic carbocycles. The quantitative estimate of drug-likeness (QED) is 0.873. The second kappa shape index (κ2) is 5.38. The van der Waals surface area contributed by atoms with Gasteiger partial charge >= 0.3 is 0 Å². The van der Waals surface area contributed by atoms with E-state index in [2.05, 4.69) is 31.7 Å². The Labute approximate surface area is 131 Å². The summed E-state index contributed by atoms with van der Waals surface area (Å²) < 4.78 is 2.14. The first-order chi connectivity index (χ1) is 10.8. The van der Waals surface area contributed by atoms with Gasteiger partial charge in [-0.25, -0.2) is 0 Å². The summed E-state index contributed by atoms with van der Waals surface area (Å²) in [5.74, 6) is 2.00. The lowest BCUT2D eigenvalue weighted by atomic mass is 9.98. The van der Waals surface area contributed by atoms with E-state index in [1.54, 1.807) is 0 Å². The zero-order valence-corrected chi connectivity index (χ0v) is 13.2. The molecule has 5 nitrogen and oxygen atoms in total. The molecule has 0 radical (unpaired) electrons. The third kappa shape index (κ3) is 2.60. The molecule has 2 aromatic heterocycles. The van der Waals surface area contributed by atoms with Crippen LogP contribution in [0.3, 0.4) is 0 Å². The van der Waals surface area contributed by atoms with Crippen LogP contribution in [-0.2, 0) is 13.5 Å². The number of aromatic nitrogens is 4. The zero-order valence-electron chi connectivity index (χ0n) is 13.2. The maximum Gasteiger partial charge on any atom is 0.226 e. The predicted molar refractivity (Wildman–Crippen MR) is 85.8 cm³/mol. The molecular weight excluding hydrogens is 274 g/mol. The largest absolute Gasteiger partial charge is 0.341 e. The lowest BCUT2D eigenvalue weighted by molar-refractivity contribution is 0.453. The first kappa shape index (κ1) is 13.7. The van der Waals surface area contributed by atoms with Crippen molar-refractivity contribution in [3.63, 3.8) is 0 Å². The van der Waals surface area contributed by atoms with E-state index < -0.39 is 0 Å². The number of pyridine rings is 1. The van der Waals surface area contributed by atoms with E-state index in [0.717, 1.165) is 37.0 Å². The SMILES string of the molecule is Cn1c(Cc2ccccn2)nnc1N1CCCC2(CC1)CC2. The Bertz CT molecular complexity index is 644. The summed E-state index contributed by atoms with van der Waals surface area (Å²) in [4.78, 5) is 6.80. The minimum absolute atomic E-state index is 0.685. The molecule has 5 heteroatoms. The topological polar surface area (TPSA) is 46.8 Å². The summed E-state index contributed by atoms with van der Waals surface area (Å²) in [5, 5.41) is 8.86. The molecule has 4 rings (SSSR count). The molecule has 22 heavy (non-hydrogen) atoms. The first-order valence-corrected chi connectivity index (χ1v) is 8.29. The highest BCUT2D eigenvalue weighted by molar-refractivity contribution is 5.32. The van der Waals surface area contributed by atoms with Crippen molar-refractivity contribution >= 4 is 5.95 Å². The lowest BCUT2D eigenvalue weighted by Gasteiger charge is -2.21. The summed E-state index contributed by atoms with van der Waals surface area (Å²) in [7, 11) is 2.07. The standard InChI is InChI=1S/C17H23N5/c1-21-15(13-14-5-2-3-10-18-14)19-20-16(21)22-11-4-6-17(7-8-17)9-12-22/h2-3,5,10H,4,6-9,11-13H2,1H3. The van der Waals surface area contributed by atoms with Crippen LogP contribution in [0.2, 0.25) is 0 Å². The van der Waals surface area contributed by atoms with Crippen LogP contribution >= 0.6 is 0 Å². The Morgan fingerprint density at radius 2 is 2.00 bits per heavy atom. The van der Waals surface area contributed by atoms with E-state index in [9.17, 15) is 0 Å². The second-order valence-electron chi connectivity index (χ2n) is 6.81. The highest BCUT2D eigenvalue weighted by atomic mass is 15.4. The van der Waals surface area contributed by atoms with Gasteiger partial charge in [-0.2, -0.15) is 0 Å². The molecule has 0 aromatic carbocycles. The fraction of sp³-hybridized carbons (Fsp3) is 0.588. The molecule has 0 amide bonds. The van der Waals surface area contributed by atoms with Gasteiger partial charge in [0.2, 0.25) is 5.95 Å². The fourth-order valence-corrected chi connectivity index (χ4v) is 3.58. The minimum Gasteiger partial charge on any atom is -0.341 e. The third-order valence-electron chi connectivity index (χ3n) is 5.29. The van der Waals surface area contributed by atoms with Crippen molar-refractivity contribution in [3.05, 3.63) is 35.9 Å². The molecule has 2 aliphatic rings. The second-order valence-corrected chi connectivity index (χ2v) is 6.81. The number of hydrogen-bond acceptors (Lipinski definition) is 4. The third-order valence-corrected chi connectivity index (χ3v) is 5.29. The van der Waals surface area contributed by atoms with E-state index in [-0.39, 0.29) is 0 Å². The van der Waals surface area contributed by atoms with Gasteiger partial charge in [-0.1, -0.05) is 6.07 Å². The Morgan fingerprint density at radius 3 is 2.77 bits per heavy atom. The van der Waals surface area contributed by atoms with Gasteiger partial charge in [0.15, 0.2) is 0 Å². The van der Waals surface area contributed by atoms with Crippen LogP contribution in [0.15, 0.2) is 24.4 Å². The molecule has 1 spiro atoms. The molecule has 3 heterocycles. The summed E-state index contributed by atoms with van der Waals surface area (Å²) in [6, 6.07) is 6.00. The van der Waals surface area contributed by atoms with E-state index in [1.807, 2.05) is 24.4 Å². The van der Waals surface area contributed by atoms with Crippen molar-refractivity contribution in [1.82, 2.24) is 19.7 Å². The maximum absolute atomic E-state index is 4.46. The Balaban J connectivity index is 1.51. The molecule has 0 unspecified atom stereocenters. The van der Waals surface area contributed by atoms with Gasteiger partial charge in [0, 0.05) is 32.0 Å². The summed E-state index contributed by atoms with van der Waals surface area (Å²) in [6.45, 7) is 2.23. The molecule has 1 aliphatic heterocycles. The normalized spacial score (nSPS) is 20.1. The van der Waals surface area contributed by atoms with Crippen LogP contribution in [0.5, 0.6) is 0 Å². The van der Waals surface area contributed by atoms with Gasteiger partial charge < -0.3 is 9.47 Å². The summed E-state index contributed by atoms with van der Waals surface area (Å²) in [6.07, 6.45) is 9.42. The van der Waals surface area contributed by atoms with Gasteiger partial charge in [0.1, 0.15) is 5.82 Å². The van der Waals surface area contributed by atoms with Gasteiger partial charge in [-0.3, -0.25) is 4.98 Å². The molecule has 0 bridgehead atoms. The van der Waals surface area contributed by atoms with E-state index in [4.69, 9.17) is 0 Å². The van der Waals surface area contributed by atoms with Crippen molar-refractivity contribution in [3.8, 4) is 0 Å². The average molecular weight is 297 g/mol. The van der Waals surface area contributed by atoms with Gasteiger partial charge in [-0.05, 0) is 49.7 Å². The van der Waals surface area contributed by atoms with Gasteiger partial charge in [0.05, 0.1) is 6.42 Å². The van der Waals surface area contributed by atoms with Gasteiger partial charge in [0.25, 0.3) is 0 Å². The van der Waals surface area contributed by atoms with Crippen molar-refractivity contribution in [2.75, 3.05) is 18.0 Å². The molecule has 2 aromatic rings. The van der Waals surface area contributed by atoms with Crippen LogP contribution in [0.25, 0.3) is 0 Å². The summed E-state index contributed by atoms with van der Waals surface area (Å²) in [5.41, 5.74) is 1.72. The van der Waals surface area contributed by atoms with Crippen molar-refractivity contribution in [1.29, 1.82) is 0 Å². The molecule has 116 valence electrons. The zero-order chi connectivity index (χ0) is 15.0. The van der Waals surface area contributed by atoms with Crippen LogP contribution in [0.4, 0.5) is 5.95 Å². The summed E-state index contributed by atoms with van der Waals surface area (Å²) >= 11 is 0. The van der Waals surface area contributed by atoms with Gasteiger partial charge in [-0.15, -0.1) is 10.2 Å². The Kier molecular flexibility index (Phi) is 3.36. The number of nitrogens with zero attached hydrogens (tertiary/aromatic N) is 5. The monoisotopic (exact) mass is 297 g/mol. The van der Waals surface area contributed by atoms with Crippen LogP contribution < -0.4 is 4.90 Å². The van der Waals surface area contributed by atoms with E-state index >= 15 is 0 Å². The molecule has 1 saturated heterocycles. The average Bonchev–Trinajstić information content (AvgIpc) is 3.28. The number of hydrogen-bond donors (Lipinski definition) is 0. The minimum atomic E-state index is 0.685. The number of rotatable bonds is 3.